The molecule has 2 aliphatic rings. The Balaban J connectivity index is 1.29. The highest BCUT2D eigenvalue weighted by Crippen LogP contribution is 2.41. The van der Waals surface area contributed by atoms with Gasteiger partial charge in [-0.3, -0.25) is 24.0 Å². The highest BCUT2D eigenvalue weighted by atomic mass is 16.6. The van der Waals surface area contributed by atoms with Gasteiger partial charge in [-0.1, -0.05) is 112 Å². The summed E-state index contributed by atoms with van der Waals surface area (Å²) in [5.41, 5.74) is 1.03. The molecule has 2 saturated heterocycles. The first-order valence-electron chi connectivity index (χ1n) is 26.0. The molecule has 16 nitrogen and oxygen atoms in total. The van der Waals surface area contributed by atoms with Gasteiger partial charge in [-0.15, -0.1) is 0 Å². The average Bonchev–Trinajstić information content (AvgIpc) is 3.31. The highest BCUT2D eigenvalue weighted by Gasteiger charge is 2.49. The van der Waals surface area contributed by atoms with Gasteiger partial charge in [0, 0.05) is 56.9 Å². The summed E-state index contributed by atoms with van der Waals surface area (Å²) in [7, 11) is 0. The number of nitrogens with one attached hydrogen (secondary N) is 5. The molecular weight excluding hydrogens is 927 g/mol. The zero-order valence-electron chi connectivity index (χ0n) is 44.6. The molecule has 398 valence electrons. The Kier molecular flexibility index (Phi) is 20.8. The molecule has 0 radical (unpaired) electrons. The van der Waals surface area contributed by atoms with Crippen LogP contribution in [0.1, 0.15) is 118 Å². The van der Waals surface area contributed by atoms with E-state index in [0.717, 1.165) is 29.5 Å². The van der Waals surface area contributed by atoms with Crippen molar-refractivity contribution in [2.24, 2.45) is 17.3 Å². The van der Waals surface area contributed by atoms with Crippen LogP contribution in [-0.2, 0) is 52.7 Å². The molecule has 1 spiro atoms. The highest BCUT2D eigenvalue weighted by molar-refractivity contribution is 5.95. The maximum absolute atomic E-state index is 14.5. The number of hydrogen-bond acceptors (Lipinski definition) is 9. The smallest absolute Gasteiger partial charge is 0.408 e. The van der Waals surface area contributed by atoms with E-state index in [1.807, 2.05) is 117 Å². The lowest BCUT2D eigenvalue weighted by atomic mass is 9.71. The normalized spacial score (nSPS) is 16.4. The number of ether oxygens (including phenoxy) is 2. The van der Waals surface area contributed by atoms with Crippen molar-refractivity contribution in [3.05, 3.63) is 108 Å². The van der Waals surface area contributed by atoms with E-state index in [4.69, 9.17) is 9.47 Å². The third-order valence-electron chi connectivity index (χ3n) is 13.1. The van der Waals surface area contributed by atoms with Gasteiger partial charge in [0.1, 0.15) is 35.4 Å². The molecule has 3 aromatic carbocycles. The molecule has 7 amide bonds. The zero-order valence-corrected chi connectivity index (χ0v) is 44.6. The summed E-state index contributed by atoms with van der Waals surface area (Å²) < 4.78 is 10.9. The molecule has 2 heterocycles. The maximum atomic E-state index is 14.5. The van der Waals surface area contributed by atoms with Crippen LogP contribution in [0.3, 0.4) is 0 Å². The molecule has 0 bridgehead atoms. The quantitative estimate of drug-likeness (QED) is 0.0664. The van der Waals surface area contributed by atoms with E-state index < -0.39 is 65.3 Å². The second kappa shape index (κ2) is 26.5. The van der Waals surface area contributed by atoms with Crippen LogP contribution in [0, 0.1) is 17.3 Å². The number of piperidine rings is 1. The van der Waals surface area contributed by atoms with E-state index in [1.165, 1.54) is 0 Å². The third kappa shape index (κ3) is 19.2. The Morgan fingerprint density at radius 2 is 0.973 bits per heavy atom. The minimum Gasteiger partial charge on any atom is -0.444 e. The number of rotatable bonds is 22. The van der Waals surface area contributed by atoms with E-state index in [2.05, 4.69) is 26.6 Å². The Morgan fingerprint density at radius 3 is 1.47 bits per heavy atom. The summed E-state index contributed by atoms with van der Waals surface area (Å²) in [6.45, 7) is 18.9. The topological polar surface area (TPSA) is 205 Å². The fraction of sp³-hybridized carbons (Fsp3) is 0.561. The second-order valence-corrected chi connectivity index (χ2v) is 22.4. The van der Waals surface area contributed by atoms with Gasteiger partial charge in [-0.2, -0.15) is 0 Å². The van der Waals surface area contributed by atoms with E-state index in [-0.39, 0.29) is 54.7 Å². The van der Waals surface area contributed by atoms with Crippen LogP contribution >= 0.6 is 0 Å². The summed E-state index contributed by atoms with van der Waals surface area (Å²) >= 11 is 0. The van der Waals surface area contributed by atoms with E-state index in [0.29, 0.717) is 52.0 Å². The van der Waals surface area contributed by atoms with Crippen molar-refractivity contribution in [2.75, 3.05) is 32.7 Å². The van der Waals surface area contributed by atoms with Crippen molar-refractivity contribution in [3.8, 4) is 0 Å². The SMILES string of the molecule is CC(C)C[C@@H](NC(=O)[C@@H](Cc1ccccc1)NC(=O)[C@@H](Cc1ccccc1)NC(=O)OC(C)(C)C)C(=O)N[C@H](CCCCNC(=O)OC(C)(C)C)C(=O)N1CC2(CCN(C(=O)[C@H](C)Cc3ccccc3)CC2)C1. The molecule has 73 heavy (non-hydrogen) atoms. The summed E-state index contributed by atoms with van der Waals surface area (Å²) in [6.07, 6.45) is 2.55. The van der Waals surface area contributed by atoms with E-state index in [1.54, 1.807) is 46.4 Å². The summed E-state index contributed by atoms with van der Waals surface area (Å²) in [4.78, 5) is 100. The number of alkyl carbamates (subject to hydrolysis) is 2. The van der Waals surface area contributed by atoms with Crippen molar-refractivity contribution >= 4 is 41.7 Å². The first kappa shape index (κ1) is 57.5. The lowest BCUT2D eigenvalue weighted by Crippen LogP contribution is -2.66. The third-order valence-corrected chi connectivity index (χ3v) is 13.1. The molecule has 16 heteroatoms. The van der Waals surface area contributed by atoms with Gasteiger partial charge in [-0.25, -0.2) is 9.59 Å². The van der Waals surface area contributed by atoms with Gasteiger partial charge >= 0.3 is 12.2 Å². The number of carbonyl (C=O) groups excluding carboxylic acids is 7. The molecule has 3 aromatic rings. The molecular formula is C57H81N7O9. The minimum atomic E-state index is -1.17. The van der Waals surface area contributed by atoms with Crippen LogP contribution < -0.4 is 26.6 Å². The number of carbonyl (C=O) groups is 7. The minimum absolute atomic E-state index is 0.0612. The fourth-order valence-corrected chi connectivity index (χ4v) is 9.35. The number of nitrogens with zero attached hydrogens (tertiary/aromatic N) is 2. The lowest BCUT2D eigenvalue weighted by Gasteiger charge is -2.54. The van der Waals surface area contributed by atoms with Crippen LogP contribution in [0.2, 0.25) is 0 Å². The van der Waals surface area contributed by atoms with Crippen molar-refractivity contribution in [3.63, 3.8) is 0 Å². The van der Waals surface area contributed by atoms with E-state index >= 15 is 0 Å². The molecule has 0 aliphatic carbocycles. The van der Waals surface area contributed by atoms with Gasteiger partial charge in [0.15, 0.2) is 0 Å². The standard InChI is InChI=1S/C57H81N7O9/c1-39(2)33-45(60-49(66)46(35-42-23-15-11-16-24-42)61-50(67)47(36-43-25-17-12-18-26-43)62-54(71)73-56(7,8)9)48(65)59-44(27-19-20-30-58-53(70)72-55(4,5)6)52(69)64-37-57(38-64)28-31-63(32-29-57)51(68)40(3)34-41-21-13-10-14-22-41/h10-18,21-26,39-40,44-47H,19-20,27-38H2,1-9H3,(H,58,70)(H,59,65)(H,60,66)(H,61,67)(H,62,71)/t40-,44-,45-,46-,47-/m1/s1. The summed E-state index contributed by atoms with van der Waals surface area (Å²) in [5.74, 6) is -2.10. The first-order valence-corrected chi connectivity index (χ1v) is 26.0. The molecule has 5 atom stereocenters. The van der Waals surface area contributed by atoms with Crippen molar-refractivity contribution < 1.29 is 43.0 Å². The molecule has 0 saturated carbocycles. The Hall–Kier alpha value is -6.45. The van der Waals surface area contributed by atoms with E-state index in [9.17, 15) is 33.6 Å². The van der Waals surface area contributed by atoms with Gasteiger partial charge in [-0.05, 0) is 109 Å². The first-order chi connectivity index (χ1) is 34.5. The molecule has 0 unspecified atom stereocenters. The second-order valence-electron chi connectivity index (χ2n) is 22.4. The summed E-state index contributed by atoms with van der Waals surface area (Å²) in [6, 6.07) is 24.0. The van der Waals surface area contributed by atoms with Crippen molar-refractivity contribution in [1.29, 1.82) is 0 Å². The number of unbranched alkanes of at least 4 members (excludes halogenated alkanes) is 1. The largest absolute Gasteiger partial charge is 0.444 e. The van der Waals surface area contributed by atoms with Gasteiger partial charge in [0.2, 0.25) is 29.5 Å². The predicted molar refractivity (Wildman–Crippen MR) is 281 cm³/mol. The van der Waals surface area contributed by atoms with Gasteiger partial charge in [0.05, 0.1) is 0 Å². The molecule has 2 fully saturated rings. The average molecular weight is 1010 g/mol. The van der Waals surface area contributed by atoms with Crippen LogP contribution in [0.25, 0.3) is 0 Å². The number of benzene rings is 3. The van der Waals surface area contributed by atoms with Crippen LogP contribution in [0.15, 0.2) is 91.0 Å². The molecule has 5 rings (SSSR count). The Morgan fingerprint density at radius 1 is 0.534 bits per heavy atom. The van der Waals surface area contributed by atoms with Crippen LogP contribution in [0.4, 0.5) is 9.59 Å². The zero-order chi connectivity index (χ0) is 53.3. The number of hydrogen-bond donors (Lipinski definition) is 5. The molecule has 5 N–H and O–H groups in total. The Bertz CT molecular complexity index is 2280. The number of likely N-dealkylation sites (tertiary alicyclic amines) is 2. The summed E-state index contributed by atoms with van der Waals surface area (Å²) in [5, 5.41) is 14.3. The van der Waals surface area contributed by atoms with Gasteiger partial charge in [0.25, 0.3) is 0 Å². The Labute approximate surface area is 432 Å². The van der Waals surface area contributed by atoms with Crippen LogP contribution in [0.5, 0.6) is 0 Å². The molecule has 0 aromatic heterocycles. The predicted octanol–water partition coefficient (Wildman–Crippen LogP) is 6.89. The van der Waals surface area contributed by atoms with Crippen molar-refractivity contribution in [1.82, 2.24) is 36.4 Å². The van der Waals surface area contributed by atoms with Gasteiger partial charge < -0.3 is 45.9 Å². The fourth-order valence-electron chi connectivity index (χ4n) is 9.35. The monoisotopic (exact) mass is 1010 g/mol. The maximum Gasteiger partial charge on any atom is 0.408 e. The number of amides is 7. The van der Waals surface area contributed by atoms with Crippen LogP contribution in [-0.4, -0.2) is 120 Å². The molecule has 2 aliphatic heterocycles. The lowest BCUT2D eigenvalue weighted by molar-refractivity contribution is -0.154. The van der Waals surface area contributed by atoms with Crippen molar-refractivity contribution in [2.45, 2.75) is 155 Å².